The van der Waals surface area contributed by atoms with Crippen LogP contribution in [0.2, 0.25) is 0 Å². The minimum Gasteiger partial charge on any atom is -0.374 e. The first-order chi connectivity index (χ1) is 10.3. The minimum atomic E-state index is 0.367. The molecule has 0 amide bonds. The number of aromatic nitrogens is 5. The highest BCUT2D eigenvalue weighted by Gasteiger charge is 2.10. The molecular formula is C14H16N6O. The third-order valence-corrected chi connectivity index (χ3v) is 3.02. The molecule has 0 aliphatic carbocycles. The Morgan fingerprint density at radius 2 is 2.10 bits per heavy atom. The van der Waals surface area contributed by atoms with E-state index in [0.717, 1.165) is 11.0 Å². The number of para-hydroxylation sites is 1. The van der Waals surface area contributed by atoms with Gasteiger partial charge in [-0.2, -0.15) is 4.68 Å². The highest BCUT2D eigenvalue weighted by molar-refractivity contribution is 5.75. The Morgan fingerprint density at radius 3 is 2.90 bits per heavy atom. The molecule has 1 aromatic carbocycles. The maximum Gasteiger partial charge on any atom is 0.161 e. The molecule has 0 saturated carbocycles. The van der Waals surface area contributed by atoms with Crippen LogP contribution in [0.15, 0.2) is 30.3 Å². The van der Waals surface area contributed by atoms with Crippen LogP contribution in [0.3, 0.4) is 0 Å². The summed E-state index contributed by atoms with van der Waals surface area (Å²) in [6, 6.07) is 9.58. The number of nitrogens with one attached hydrogen (secondary N) is 1. The van der Waals surface area contributed by atoms with E-state index in [-0.39, 0.29) is 0 Å². The number of ether oxygens (including phenoxy) is 1. The van der Waals surface area contributed by atoms with Crippen LogP contribution in [0.4, 0.5) is 5.82 Å². The number of hydrogen-bond acceptors (Lipinski definition) is 6. The van der Waals surface area contributed by atoms with Crippen LogP contribution in [0, 0.1) is 0 Å². The first kappa shape index (κ1) is 13.4. The van der Waals surface area contributed by atoms with Gasteiger partial charge in [-0.05, 0) is 19.1 Å². The molecule has 3 rings (SSSR count). The molecule has 0 atom stereocenters. The number of fused-ring (bicyclic) bond motifs is 1. The predicted octanol–water partition coefficient (Wildman–Crippen LogP) is 1.79. The molecule has 0 radical (unpaired) electrons. The Hall–Kier alpha value is -2.54. The van der Waals surface area contributed by atoms with Crippen LogP contribution in [0.5, 0.6) is 0 Å². The second-order valence-electron chi connectivity index (χ2n) is 4.40. The lowest BCUT2D eigenvalue weighted by atomic mass is 10.3. The van der Waals surface area contributed by atoms with Gasteiger partial charge in [0.05, 0.1) is 5.52 Å². The van der Waals surface area contributed by atoms with Crippen molar-refractivity contribution in [3.63, 3.8) is 0 Å². The molecule has 7 heteroatoms. The summed E-state index contributed by atoms with van der Waals surface area (Å²) >= 11 is 0. The molecule has 0 bridgehead atoms. The molecule has 2 aromatic heterocycles. The molecular weight excluding hydrogens is 268 g/mol. The van der Waals surface area contributed by atoms with Crippen molar-refractivity contribution in [2.45, 2.75) is 13.5 Å². The van der Waals surface area contributed by atoms with Gasteiger partial charge in [0.2, 0.25) is 0 Å². The Morgan fingerprint density at radius 1 is 1.24 bits per heavy atom. The van der Waals surface area contributed by atoms with Gasteiger partial charge in [0.1, 0.15) is 17.9 Å². The summed E-state index contributed by atoms with van der Waals surface area (Å²) in [5.74, 6) is 1.99. The average Bonchev–Trinajstić information content (AvgIpc) is 2.96. The van der Waals surface area contributed by atoms with Gasteiger partial charge in [0.25, 0.3) is 0 Å². The Kier molecular flexibility index (Phi) is 3.74. The van der Waals surface area contributed by atoms with Crippen molar-refractivity contribution in [2.75, 3.05) is 19.0 Å². The fourth-order valence-corrected chi connectivity index (χ4v) is 2.02. The highest BCUT2D eigenvalue weighted by Crippen LogP contribution is 2.16. The van der Waals surface area contributed by atoms with Gasteiger partial charge in [0, 0.05) is 19.7 Å². The van der Waals surface area contributed by atoms with Crippen molar-refractivity contribution in [1.29, 1.82) is 0 Å². The van der Waals surface area contributed by atoms with Crippen LogP contribution >= 0.6 is 0 Å². The largest absolute Gasteiger partial charge is 0.374 e. The van der Waals surface area contributed by atoms with Gasteiger partial charge < -0.3 is 10.1 Å². The second kappa shape index (κ2) is 5.84. The molecule has 0 saturated heterocycles. The topological polar surface area (TPSA) is 77.8 Å². The lowest BCUT2D eigenvalue weighted by molar-refractivity contribution is 0.128. The molecule has 0 unspecified atom stereocenters. The Balaban J connectivity index is 2.08. The van der Waals surface area contributed by atoms with Gasteiger partial charge in [-0.3, -0.25) is 0 Å². The predicted molar refractivity (Wildman–Crippen MR) is 79.3 cm³/mol. The van der Waals surface area contributed by atoms with E-state index in [1.807, 2.05) is 44.3 Å². The molecule has 2 heterocycles. The van der Waals surface area contributed by atoms with E-state index in [0.29, 0.717) is 30.7 Å². The number of benzene rings is 1. The van der Waals surface area contributed by atoms with Crippen molar-refractivity contribution in [3.05, 3.63) is 36.2 Å². The van der Waals surface area contributed by atoms with Crippen molar-refractivity contribution in [3.8, 4) is 5.82 Å². The molecule has 3 aromatic rings. The van der Waals surface area contributed by atoms with Gasteiger partial charge in [0.15, 0.2) is 11.6 Å². The summed E-state index contributed by atoms with van der Waals surface area (Å²) in [7, 11) is 1.82. The molecule has 7 nitrogen and oxygen atoms in total. The smallest absolute Gasteiger partial charge is 0.161 e. The molecule has 0 aliphatic heterocycles. The van der Waals surface area contributed by atoms with E-state index in [2.05, 4.69) is 25.6 Å². The Labute approximate surface area is 122 Å². The minimum absolute atomic E-state index is 0.367. The van der Waals surface area contributed by atoms with E-state index in [9.17, 15) is 0 Å². The van der Waals surface area contributed by atoms with E-state index in [1.165, 1.54) is 0 Å². The first-order valence-electron chi connectivity index (χ1n) is 6.76. The van der Waals surface area contributed by atoms with Crippen molar-refractivity contribution in [1.82, 2.24) is 25.0 Å². The van der Waals surface area contributed by atoms with Crippen LogP contribution in [0.1, 0.15) is 12.7 Å². The van der Waals surface area contributed by atoms with E-state index < -0.39 is 0 Å². The maximum atomic E-state index is 5.38. The summed E-state index contributed by atoms with van der Waals surface area (Å²) < 4.78 is 7.08. The molecule has 108 valence electrons. The van der Waals surface area contributed by atoms with Gasteiger partial charge in [-0.1, -0.05) is 17.3 Å². The van der Waals surface area contributed by atoms with Gasteiger partial charge in [-0.15, -0.1) is 5.10 Å². The van der Waals surface area contributed by atoms with E-state index in [1.54, 1.807) is 4.68 Å². The van der Waals surface area contributed by atoms with Crippen LogP contribution in [0.25, 0.3) is 16.9 Å². The third kappa shape index (κ3) is 2.68. The zero-order valence-corrected chi connectivity index (χ0v) is 11.9. The van der Waals surface area contributed by atoms with Crippen LogP contribution < -0.4 is 5.32 Å². The molecule has 0 spiro atoms. The highest BCUT2D eigenvalue weighted by atomic mass is 16.5. The SMILES string of the molecule is CCOCc1nc(NC)cc(-n2nnc3ccccc32)n1. The number of rotatable bonds is 5. The normalized spacial score (nSPS) is 11.0. The maximum absolute atomic E-state index is 5.38. The average molecular weight is 284 g/mol. The standard InChI is InChI=1S/C14H16N6O/c1-3-21-9-13-16-12(15-2)8-14(17-13)20-11-7-5-4-6-10(11)18-19-20/h4-8H,3,9H2,1-2H3,(H,15,16,17). The molecule has 21 heavy (non-hydrogen) atoms. The van der Waals surface area contributed by atoms with Crippen molar-refractivity contribution >= 4 is 16.9 Å². The van der Waals surface area contributed by atoms with E-state index in [4.69, 9.17) is 4.74 Å². The van der Waals surface area contributed by atoms with Crippen molar-refractivity contribution in [2.24, 2.45) is 0 Å². The second-order valence-corrected chi connectivity index (χ2v) is 4.40. The summed E-state index contributed by atoms with van der Waals surface area (Å²) in [6.07, 6.45) is 0. The summed E-state index contributed by atoms with van der Waals surface area (Å²) in [5.41, 5.74) is 1.73. The van der Waals surface area contributed by atoms with Crippen LogP contribution in [-0.2, 0) is 11.3 Å². The third-order valence-electron chi connectivity index (χ3n) is 3.02. The van der Waals surface area contributed by atoms with Crippen molar-refractivity contribution < 1.29 is 4.74 Å². The molecule has 0 aliphatic rings. The zero-order chi connectivity index (χ0) is 14.7. The number of anilines is 1. The van der Waals surface area contributed by atoms with Gasteiger partial charge >= 0.3 is 0 Å². The van der Waals surface area contributed by atoms with Crippen LogP contribution in [-0.4, -0.2) is 38.6 Å². The Bertz CT molecular complexity index is 754. The van der Waals surface area contributed by atoms with E-state index >= 15 is 0 Å². The lowest BCUT2D eigenvalue weighted by Crippen LogP contribution is -2.08. The summed E-state index contributed by atoms with van der Waals surface area (Å²) in [4.78, 5) is 8.87. The number of hydrogen-bond donors (Lipinski definition) is 1. The fourth-order valence-electron chi connectivity index (χ4n) is 2.02. The van der Waals surface area contributed by atoms with Gasteiger partial charge in [-0.25, -0.2) is 9.97 Å². The monoisotopic (exact) mass is 284 g/mol. The zero-order valence-electron chi connectivity index (χ0n) is 11.9. The molecule has 0 fully saturated rings. The summed E-state index contributed by atoms with van der Waals surface area (Å²) in [5, 5.41) is 11.3. The lowest BCUT2D eigenvalue weighted by Gasteiger charge is -2.08. The number of nitrogens with zero attached hydrogens (tertiary/aromatic N) is 5. The summed E-state index contributed by atoms with van der Waals surface area (Å²) in [6.45, 7) is 2.92. The fraction of sp³-hybridized carbons (Fsp3) is 0.286. The molecule has 1 N–H and O–H groups in total. The quantitative estimate of drug-likeness (QED) is 0.769. The first-order valence-corrected chi connectivity index (χ1v) is 6.76.